The minimum atomic E-state index is -4.35. The van der Waals surface area contributed by atoms with E-state index in [1.54, 1.807) is 11.1 Å². The predicted octanol–water partition coefficient (Wildman–Crippen LogP) is 3.89. The molecule has 0 saturated carbocycles. The van der Waals surface area contributed by atoms with Crippen LogP contribution >= 0.6 is 11.6 Å². The molecule has 0 radical (unpaired) electrons. The van der Waals surface area contributed by atoms with Gasteiger partial charge >= 0.3 is 6.18 Å². The summed E-state index contributed by atoms with van der Waals surface area (Å²) >= 11 is 5.59. The van der Waals surface area contributed by atoms with E-state index < -0.39 is 11.7 Å². The van der Waals surface area contributed by atoms with Gasteiger partial charge in [0, 0.05) is 37.0 Å². The number of rotatable bonds is 2. The van der Waals surface area contributed by atoms with Crippen LogP contribution in [0, 0.1) is 0 Å². The third-order valence-electron chi connectivity index (χ3n) is 4.05. The van der Waals surface area contributed by atoms with E-state index in [-0.39, 0.29) is 11.8 Å². The van der Waals surface area contributed by atoms with Crippen LogP contribution in [0.1, 0.15) is 16.8 Å². The van der Waals surface area contributed by atoms with Gasteiger partial charge in [0.05, 0.1) is 5.56 Å². The van der Waals surface area contributed by atoms with Gasteiger partial charge in [-0.2, -0.15) is 13.2 Å². The Kier molecular flexibility index (Phi) is 4.49. The zero-order valence-corrected chi connectivity index (χ0v) is 13.4. The number of nitrogens with zero attached hydrogens (tertiary/aromatic N) is 2. The van der Waals surface area contributed by atoms with Crippen molar-refractivity contribution in [3.63, 3.8) is 0 Å². The number of alkyl halides is 4. The van der Waals surface area contributed by atoms with Crippen LogP contribution in [-0.4, -0.2) is 28.2 Å². The molecule has 0 aliphatic carbocycles. The van der Waals surface area contributed by atoms with E-state index in [1.165, 1.54) is 12.1 Å². The Balaban J connectivity index is 1.87. The van der Waals surface area contributed by atoms with Crippen molar-refractivity contribution in [1.29, 1.82) is 0 Å². The number of hydrogen-bond acceptors (Lipinski definition) is 2. The van der Waals surface area contributed by atoms with E-state index in [2.05, 4.69) is 4.98 Å². The smallest absolute Gasteiger partial charge is 0.337 e. The van der Waals surface area contributed by atoms with Crippen molar-refractivity contribution >= 4 is 17.5 Å². The minimum Gasteiger partial charge on any atom is -0.337 e. The highest BCUT2D eigenvalue weighted by Crippen LogP contribution is 2.31. The lowest BCUT2D eigenvalue weighted by Gasteiger charge is -2.28. The second-order valence-electron chi connectivity index (χ2n) is 5.60. The molecular formula is C17H14ClF3N2O. The molecule has 0 saturated heterocycles. The van der Waals surface area contributed by atoms with Gasteiger partial charge in [-0.05, 0) is 29.3 Å². The average Bonchev–Trinajstić information content (AvgIpc) is 2.59. The minimum absolute atomic E-state index is 0.0681. The molecule has 0 spiro atoms. The molecule has 1 aliphatic rings. The van der Waals surface area contributed by atoms with Crippen LogP contribution in [0.15, 0.2) is 36.5 Å². The number of pyridine rings is 1. The zero-order chi connectivity index (χ0) is 17.3. The number of carbonyl (C=O) groups is 1. The Labute approximate surface area is 142 Å². The molecule has 1 aromatic carbocycles. The summed E-state index contributed by atoms with van der Waals surface area (Å²) in [6.45, 7) is 0.994. The fraction of sp³-hybridized carbons (Fsp3) is 0.294. The number of fused-ring (bicyclic) bond motifs is 1. The van der Waals surface area contributed by atoms with Crippen LogP contribution in [0.5, 0.6) is 0 Å². The second kappa shape index (κ2) is 6.43. The average molecular weight is 355 g/mol. The quantitative estimate of drug-likeness (QED) is 0.767. The van der Waals surface area contributed by atoms with Gasteiger partial charge in [-0.15, -0.1) is 11.6 Å². The molecule has 0 fully saturated rings. The van der Waals surface area contributed by atoms with Crippen LogP contribution in [0.25, 0.3) is 11.1 Å². The van der Waals surface area contributed by atoms with Gasteiger partial charge in [-0.1, -0.05) is 12.1 Å². The van der Waals surface area contributed by atoms with E-state index in [0.29, 0.717) is 25.1 Å². The normalized spacial score (nSPS) is 14.4. The zero-order valence-electron chi connectivity index (χ0n) is 12.6. The summed E-state index contributed by atoms with van der Waals surface area (Å²) in [5, 5.41) is 0. The Morgan fingerprint density at radius 1 is 1.21 bits per heavy atom. The summed E-state index contributed by atoms with van der Waals surface area (Å²) in [7, 11) is 0. The van der Waals surface area contributed by atoms with Gasteiger partial charge in [0.1, 0.15) is 5.88 Å². The lowest BCUT2D eigenvalue weighted by atomic mass is 9.99. The molecule has 2 heterocycles. The van der Waals surface area contributed by atoms with Crippen molar-refractivity contribution in [2.45, 2.75) is 19.1 Å². The van der Waals surface area contributed by atoms with Crippen LogP contribution in [0.4, 0.5) is 13.2 Å². The summed E-state index contributed by atoms with van der Waals surface area (Å²) in [6.07, 6.45) is -2.05. The van der Waals surface area contributed by atoms with Crippen LogP contribution in [-0.2, 0) is 23.9 Å². The SMILES string of the molecule is O=C(CCl)N1CCc2ncc(-c3ccc(C(F)(F)F)cc3)cc2C1. The number of hydrogen-bond donors (Lipinski definition) is 0. The van der Waals surface area contributed by atoms with Gasteiger partial charge in [-0.25, -0.2) is 0 Å². The molecule has 1 aliphatic heterocycles. The number of carbonyl (C=O) groups excluding carboxylic acids is 1. The van der Waals surface area contributed by atoms with Gasteiger partial charge < -0.3 is 4.90 Å². The fourth-order valence-corrected chi connectivity index (χ4v) is 2.90. The monoisotopic (exact) mass is 354 g/mol. The summed E-state index contributed by atoms with van der Waals surface area (Å²) < 4.78 is 37.9. The molecule has 2 aromatic rings. The second-order valence-corrected chi connectivity index (χ2v) is 5.87. The third-order valence-corrected chi connectivity index (χ3v) is 4.28. The highest BCUT2D eigenvalue weighted by molar-refractivity contribution is 6.27. The number of aromatic nitrogens is 1. The van der Waals surface area contributed by atoms with E-state index in [9.17, 15) is 18.0 Å². The van der Waals surface area contributed by atoms with E-state index >= 15 is 0 Å². The molecule has 3 nitrogen and oxygen atoms in total. The van der Waals surface area contributed by atoms with Gasteiger partial charge in [0.25, 0.3) is 0 Å². The number of halogens is 4. The molecule has 7 heteroatoms. The summed E-state index contributed by atoms with van der Waals surface area (Å²) in [4.78, 5) is 17.8. The maximum absolute atomic E-state index is 12.6. The number of benzene rings is 1. The first kappa shape index (κ1) is 16.8. The molecule has 0 atom stereocenters. The molecule has 1 aromatic heterocycles. The first-order chi connectivity index (χ1) is 11.4. The van der Waals surface area contributed by atoms with E-state index in [1.807, 2.05) is 6.07 Å². The van der Waals surface area contributed by atoms with Crippen molar-refractivity contribution in [2.24, 2.45) is 0 Å². The van der Waals surface area contributed by atoms with Crippen LogP contribution in [0.2, 0.25) is 0 Å². The molecule has 3 rings (SSSR count). The topological polar surface area (TPSA) is 33.2 Å². The largest absolute Gasteiger partial charge is 0.416 e. The van der Waals surface area contributed by atoms with Crippen LogP contribution in [0.3, 0.4) is 0 Å². The van der Waals surface area contributed by atoms with Crippen molar-refractivity contribution in [2.75, 3.05) is 12.4 Å². The van der Waals surface area contributed by atoms with Crippen molar-refractivity contribution in [3.8, 4) is 11.1 Å². The maximum Gasteiger partial charge on any atom is 0.416 e. The molecule has 24 heavy (non-hydrogen) atoms. The van der Waals surface area contributed by atoms with Crippen molar-refractivity contribution < 1.29 is 18.0 Å². The Bertz CT molecular complexity index is 759. The van der Waals surface area contributed by atoms with E-state index in [0.717, 1.165) is 29.0 Å². The molecule has 0 unspecified atom stereocenters. The summed E-state index contributed by atoms with van der Waals surface area (Å²) in [5.74, 6) is -0.205. The first-order valence-electron chi connectivity index (χ1n) is 7.37. The van der Waals surface area contributed by atoms with Gasteiger partial charge in [-0.3, -0.25) is 9.78 Å². The Morgan fingerprint density at radius 3 is 2.54 bits per heavy atom. The standard InChI is InChI=1S/C17H14ClF3N2O/c18-8-16(24)23-6-5-15-13(10-23)7-12(9-22-15)11-1-3-14(4-2-11)17(19,20)21/h1-4,7,9H,5-6,8,10H2. The van der Waals surface area contributed by atoms with Gasteiger partial charge in [0.2, 0.25) is 5.91 Å². The highest BCUT2D eigenvalue weighted by Gasteiger charge is 2.30. The first-order valence-corrected chi connectivity index (χ1v) is 7.91. The third kappa shape index (κ3) is 3.38. The summed E-state index contributed by atoms with van der Waals surface area (Å²) in [6, 6.07) is 6.84. The molecule has 0 bridgehead atoms. The van der Waals surface area contributed by atoms with Crippen molar-refractivity contribution in [3.05, 3.63) is 53.3 Å². The number of amides is 1. The lowest BCUT2D eigenvalue weighted by Crippen LogP contribution is -2.37. The Hall–Kier alpha value is -2.08. The molecule has 0 N–H and O–H groups in total. The fourth-order valence-electron chi connectivity index (χ4n) is 2.73. The Morgan fingerprint density at radius 2 is 1.92 bits per heavy atom. The predicted molar refractivity (Wildman–Crippen MR) is 84.5 cm³/mol. The van der Waals surface area contributed by atoms with Crippen LogP contribution < -0.4 is 0 Å². The summed E-state index contributed by atoms with van der Waals surface area (Å²) in [5.41, 5.74) is 2.50. The van der Waals surface area contributed by atoms with E-state index in [4.69, 9.17) is 11.6 Å². The highest BCUT2D eigenvalue weighted by atomic mass is 35.5. The lowest BCUT2D eigenvalue weighted by molar-refractivity contribution is -0.137. The molecular weight excluding hydrogens is 341 g/mol. The maximum atomic E-state index is 12.6. The molecule has 1 amide bonds. The molecule has 126 valence electrons. The van der Waals surface area contributed by atoms with Crippen molar-refractivity contribution in [1.82, 2.24) is 9.88 Å². The van der Waals surface area contributed by atoms with Gasteiger partial charge in [0.15, 0.2) is 0 Å².